The molecule has 0 radical (unpaired) electrons. The lowest BCUT2D eigenvalue weighted by Crippen LogP contribution is -2.35. The van der Waals surface area contributed by atoms with Gasteiger partial charge in [0.1, 0.15) is 0 Å². The fourth-order valence-corrected chi connectivity index (χ4v) is 5.56. The minimum atomic E-state index is -1.54. The van der Waals surface area contributed by atoms with Gasteiger partial charge in [0, 0.05) is 0 Å². The van der Waals surface area contributed by atoms with E-state index in [1.807, 2.05) is 6.08 Å². The van der Waals surface area contributed by atoms with Crippen LogP contribution in [-0.4, -0.2) is 38.8 Å². The lowest BCUT2D eigenvalue weighted by Gasteiger charge is -2.32. The van der Waals surface area contributed by atoms with E-state index in [9.17, 15) is 5.11 Å². The van der Waals surface area contributed by atoms with Crippen molar-refractivity contribution in [2.24, 2.45) is 5.92 Å². The van der Waals surface area contributed by atoms with Gasteiger partial charge in [0.2, 0.25) is 0 Å². The van der Waals surface area contributed by atoms with Crippen molar-refractivity contribution >= 4 is 8.07 Å². The van der Waals surface area contributed by atoms with Crippen molar-refractivity contribution in [3.8, 4) is 0 Å². The van der Waals surface area contributed by atoms with Crippen LogP contribution in [0.5, 0.6) is 0 Å². The molecule has 1 saturated heterocycles. The summed E-state index contributed by atoms with van der Waals surface area (Å²) in [7, 11) is -1.54. The second-order valence-corrected chi connectivity index (χ2v) is 11.5. The highest BCUT2D eigenvalue weighted by Gasteiger charge is 2.43. The molecule has 0 aromatic rings. The normalized spacial score (nSPS) is 31.5. The van der Waals surface area contributed by atoms with Gasteiger partial charge in [0.05, 0.1) is 27.4 Å². The molecule has 4 heteroatoms. The van der Waals surface area contributed by atoms with Crippen LogP contribution < -0.4 is 0 Å². The number of ether oxygens (including phenoxy) is 2. The van der Waals surface area contributed by atoms with Gasteiger partial charge < -0.3 is 14.6 Å². The maximum atomic E-state index is 10.4. The molecular weight excluding hydrogens is 256 g/mol. The fourth-order valence-electron chi connectivity index (χ4n) is 3.26. The Kier molecular flexibility index (Phi) is 4.66. The highest BCUT2D eigenvalue weighted by atomic mass is 28.3. The van der Waals surface area contributed by atoms with E-state index in [1.54, 1.807) is 0 Å². The van der Waals surface area contributed by atoms with Crippen LogP contribution in [0.15, 0.2) is 23.4 Å². The summed E-state index contributed by atoms with van der Waals surface area (Å²) in [5.41, 5.74) is 1.27. The zero-order valence-electron chi connectivity index (χ0n) is 12.3. The van der Waals surface area contributed by atoms with Gasteiger partial charge in [-0.1, -0.05) is 25.7 Å². The first-order chi connectivity index (χ1) is 8.95. The van der Waals surface area contributed by atoms with Crippen molar-refractivity contribution in [1.82, 2.24) is 0 Å². The van der Waals surface area contributed by atoms with Crippen molar-refractivity contribution in [3.05, 3.63) is 23.4 Å². The van der Waals surface area contributed by atoms with Crippen LogP contribution in [0, 0.1) is 5.92 Å². The summed E-state index contributed by atoms with van der Waals surface area (Å²) in [6.07, 6.45) is 4.05. The van der Waals surface area contributed by atoms with E-state index in [2.05, 4.69) is 26.2 Å². The minimum Gasteiger partial charge on any atom is -0.389 e. The molecule has 0 spiro atoms. The minimum absolute atomic E-state index is 0.238. The van der Waals surface area contributed by atoms with Crippen molar-refractivity contribution in [2.75, 3.05) is 13.2 Å². The third kappa shape index (κ3) is 3.19. The summed E-state index contributed by atoms with van der Waals surface area (Å²) in [5.74, 6) is 0.458. The first-order valence-corrected chi connectivity index (χ1v) is 10.7. The highest BCUT2D eigenvalue weighted by molar-refractivity contribution is 6.83. The van der Waals surface area contributed by atoms with E-state index in [-0.39, 0.29) is 12.4 Å². The molecule has 1 fully saturated rings. The molecule has 1 heterocycles. The molecule has 0 aromatic heterocycles. The molecule has 1 aliphatic carbocycles. The Morgan fingerprint density at radius 2 is 2.21 bits per heavy atom. The SMILES string of the molecule is C=CCCO[C@@H]1OCC[C@H]2C[C@@H](O)C([Si](C)(C)C)=C21. The van der Waals surface area contributed by atoms with E-state index in [0.717, 1.165) is 25.9 Å². The fraction of sp³-hybridized carbons (Fsp3) is 0.733. The second-order valence-electron chi connectivity index (χ2n) is 6.51. The number of aliphatic hydroxyl groups excluding tert-OH is 1. The van der Waals surface area contributed by atoms with Crippen LogP contribution in [0.25, 0.3) is 0 Å². The topological polar surface area (TPSA) is 38.7 Å². The molecule has 1 aliphatic heterocycles. The Balaban J connectivity index is 2.23. The third-order valence-corrected chi connectivity index (χ3v) is 6.22. The number of hydrogen-bond acceptors (Lipinski definition) is 3. The maximum absolute atomic E-state index is 10.4. The summed E-state index contributed by atoms with van der Waals surface area (Å²) in [6, 6.07) is 0. The molecule has 0 bridgehead atoms. The Bertz CT molecular complexity index is 370. The van der Waals surface area contributed by atoms with E-state index < -0.39 is 8.07 Å². The number of fused-ring (bicyclic) bond motifs is 1. The van der Waals surface area contributed by atoms with Gasteiger partial charge in [-0.2, -0.15) is 0 Å². The lowest BCUT2D eigenvalue weighted by molar-refractivity contribution is -0.138. The van der Waals surface area contributed by atoms with Gasteiger partial charge in [-0.05, 0) is 35.9 Å². The molecule has 0 aromatic carbocycles. The summed E-state index contributed by atoms with van der Waals surface area (Å²) in [6.45, 7) is 11.9. The van der Waals surface area contributed by atoms with E-state index in [4.69, 9.17) is 9.47 Å². The predicted octanol–water partition coefficient (Wildman–Crippen LogP) is 2.88. The number of rotatable bonds is 5. The Morgan fingerprint density at radius 3 is 2.84 bits per heavy atom. The summed E-state index contributed by atoms with van der Waals surface area (Å²) >= 11 is 0. The first kappa shape index (κ1) is 15.0. The highest BCUT2D eigenvalue weighted by Crippen LogP contribution is 2.44. The Morgan fingerprint density at radius 1 is 1.47 bits per heavy atom. The van der Waals surface area contributed by atoms with Crippen LogP contribution in [0.4, 0.5) is 0 Å². The monoisotopic (exact) mass is 282 g/mol. The van der Waals surface area contributed by atoms with E-state index >= 15 is 0 Å². The molecule has 108 valence electrons. The quantitative estimate of drug-likeness (QED) is 0.479. The molecule has 0 unspecified atom stereocenters. The number of aliphatic hydroxyl groups is 1. The van der Waals surface area contributed by atoms with Crippen molar-refractivity contribution in [1.29, 1.82) is 0 Å². The molecule has 19 heavy (non-hydrogen) atoms. The molecule has 2 aliphatic rings. The maximum Gasteiger partial charge on any atom is 0.180 e. The predicted molar refractivity (Wildman–Crippen MR) is 79.6 cm³/mol. The average molecular weight is 282 g/mol. The Labute approximate surface area is 117 Å². The molecule has 0 amide bonds. The van der Waals surface area contributed by atoms with E-state index in [0.29, 0.717) is 12.5 Å². The Hall–Kier alpha value is -0.423. The van der Waals surface area contributed by atoms with Crippen molar-refractivity contribution in [2.45, 2.75) is 51.3 Å². The largest absolute Gasteiger partial charge is 0.389 e. The average Bonchev–Trinajstić information content (AvgIpc) is 2.66. The van der Waals surface area contributed by atoms with Crippen LogP contribution in [0.2, 0.25) is 19.6 Å². The van der Waals surface area contributed by atoms with Gasteiger partial charge >= 0.3 is 0 Å². The molecule has 1 N–H and O–H groups in total. The van der Waals surface area contributed by atoms with Gasteiger partial charge in [-0.15, -0.1) is 6.58 Å². The van der Waals surface area contributed by atoms with Crippen LogP contribution in [-0.2, 0) is 9.47 Å². The van der Waals surface area contributed by atoms with Gasteiger partial charge in [0.15, 0.2) is 6.29 Å². The third-order valence-electron chi connectivity index (χ3n) is 3.98. The second kappa shape index (κ2) is 5.91. The summed E-state index contributed by atoms with van der Waals surface area (Å²) < 4.78 is 11.7. The standard InChI is InChI=1S/C15H26O3Si/c1-5-6-8-17-15-13-11(7-9-18-15)10-12(16)14(13)19(2,3)4/h5,11-12,15-16H,1,6-10H2,2-4H3/t11-,12+,15+/m0/s1. The molecule has 3 atom stereocenters. The van der Waals surface area contributed by atoms with Gasteiger partial charge in [0.25, 0.3) is 0 Å². The molecule has 2 rings (SSSR count). The molecule has 3 nitrogen and oxygen atoms in total. The molecular formula is C15H26O3Si. The van der Waals surface area contributed by atoms with Crippen molar-refractivity contribution in [3.63, 3.8) is 0 Å². The zero-order chi connectivity index (χ0) is 14.0. The van der Waals surface area contributed by atoms with Crippen LogP contribution in [0.1, 0.15) is 19.3 Å². The first-order valence-electron chi connectivity index (χ1n) is 7.21. The number of hydrogen-bond donors (Lipinski definition) is 1. The van der Waals surface area contributed by atoms with Gasteiger partial charge in [-0.3, -0.25) is 0 Å². The smallest absolute Gasteiger partial charge is 0.180 e. The molecule has 0 saturated carbocycles. The summed E-state index contributed by atoms with van der Waals surface area (Å²) in [5, 5.41) is 11.7. The lowest BCUT2D eigenvalue weighted by atomic mass is 9.95. The van der Waals surface area contributed by atoms with Gasteiger partial charge in [-0.25, -0.2) is 0 Å². The van der Waals surface area contributed by atoms with Crippen LogP contribution in [0.3, 0.4) is 0 Å². The summed E-state index contributed by atoms with van der Waals surface area (Å²) in [4.78, 5) is 0. The van der Waals surface area contributed by atoms with E-state index in [1.165, 1.54) is 10.8 Å². The zero-order valence-corrected chi connectivity index (χ0v) is 13.3. The van der Waals surface area contributed by atoms with Crippen LogP contribution >= 0.6 is 0 Å². The van der Waals surface area contributed by atoms with Crippen molar-refractivity contribution < 1.29 is 14.6 Å².